The summed E-state index contributed by atoms with van der Waals surface area (Å²) in [5.74, 6) is 0.793. The molecular weight excluding hydrogens is 418 g/mol. The third-order valence-corrected chi connectivity index (χ3v) is 9.22. The molecule has 2 fully saturated rings. The Morgan fingerprint density at radius 2 is 1.79 bits per heavy atom. The molecule has 0 radical (unpaired) electrons. The van der Waals surface area contributed by atoms with Crippen molar-refractivity contribution in [2.24, 2.45) is 22.7 Å². The zero-order valence-electron chi connectivity index (χ0n) is 17.8. The van der Waals surface area contributed by atoms with E-state index in [1.165, 1.54) is 12.8 Å². The maximum atomic E-state index is 11.5. The number of aliphatic hydroxyl groups is 1. The van der Waals surface area contributed by atoms with Crippen molar-refractivity contribution in [1.82, 2.24) is 0 Å². The average Bonchev–Trinajstić information content (AvgIpc) is 2.50. The highest BCUT2D eigenvalue weighted by molar-refractivity contribution is 7.60. The first kappa shape index (κ1) is 25.2. The molecule has 0 aliphatic heterocycles. The highest BCUT2D eigenvalue weighted by atomic mass is 31.3. The van der Waals surface area contributed by atoms with Crippen LogP contribution in [0.25, 0.3) is 0 Å². The van der Waals surface area contributed by atoms with Crippen LogP contribution in [0.4, 0.5) is 0 Å². The number of aliphatic hydroxyl groups excluding tert-OH is 1. The maximum absolute atomic E-state index is 11.5. The van der Waals surface area contributed by atoms with E-state index in [9.17, 15) is 19.1 Å². The van der Waals surface area contributed by atoms with Crippen LogP contribution >= 0.6 is 15.6 Å². The molecule has 0 aromatic carbocycles. The minimum absolute atomic E-state index is 0.105. The molecule has 10 heteroatoms. The predicted molar refractivity (Wildman–Crippen MR) is 110 cm³/mol. The van der Waals surface area contributed by atoms with E-state index in [0.717, 1.165) is 31.3 Å². The Hall–Kier alpha value is -0.0400. The van der Waals surface area contributed by atoms with Crippen LogP contribution in [0.2, 0.25) is 0 Å². The van der Waals surface area contributed by atoms with Crippen molar-refractivity contribution < 1.29 is 37.8 Å². The minimum Gasteiger partial charge on any atom is -0.393 e. The molecule has 0 saturated heterocycles. The molecule has 5 atom stereocenters. The fourth-order valence-electron chi connectivity index (χ4n) is 5.75. The molecular formula is C19H36O8P2. The second-order valence-corrected chi connectivity index (χ2v) is 12.4. The van der Waals surface area contributed by atoms with Gasteiger partial charge in [-0.3, -0.25) is 4.52 Å². The van der Waals surface area contributed by atoms with Gasteiger partial charge < -0.3 is 19.8 Å². The van der Waals surface area contributed by atoms with E-state index in [4.69, 9.17) is 9.79 Å². The lowest BCUT2D eigenvalue weighted by molar-refractivity contribution is -0.125. The molecule has 170 valence electrons. The van der Waals surface area contributed by atoms with E-state index in [2.05, 4.69) is 29.6 Å². The van der Waals surface area contributed by atoms with Gasteiger partial charge in [0.15, 0.2) is 0 Å². The first-order valence-electron chi connectivity index (χ1n) is 10.2. The van der Waals surface area contributed by atoms with E-state index >= 15 is 0 Å². The molecule has 0 aromatic rings. The summed E-state index contributed by atoms with van der Waals surface area (Å²) in [5.41, 5.74) is 1.31. The van der Waals surface area contributed by atoms with Gasteiger partial charge in [-0.15, -0.1) is 0 Å². The van der Waals surface area contributed by atoms with E-state index in [-0.39, 0.29) is 29.5 Å². The van der Waals surface area contributed by atoms with Gasteiger partial charge in [-0.05, 0) is 68.1 Å². The molecule has 0 spiro atoms. The Morgan fingerprint density at radius 3 is 2.41 bits per heavy atom. The van der Waals surface area contributed by atoms with E-state index < -0.39 is 15.6 Å². The number of hydrogen-bond donors (Lipinski definition) is 4. The fraction of sp³-hybridized carbons (Fsp3) is 0.895. The third kappa shape index (κ3) is 6.72. The Morgan fingerprint density at radius 1 is 1.14 bits per heavy atom. The highest BCUT2D eigenvalue weighted by Gasteiger charge is 2.54. The normalized spacial score (nSPS) is 35.0. The number of hydrogen-bond acceptors (Lipinski definition) is 5. The van der Waals surface area contributed by atoms with Crippen LogP contribution < -0.4 is 0 Å². The molecule has 4 N–H and O–H groups in total. The molecule has 0 amide bonds. The van der Waals surface area contributed by atoms with Crippen molar-refractivity contribution in [3.8, 4) is 0 Å². The number of allylic oxidation sites excluding steroid dienone is 1. The molecule has 2 unspecified atom stereocenters. The van der Waals surface area contributed by atoms with Crippen molar-refractivity contribution in [1.29, 1.82) is 0 Å². The van der Waals surface area contributed by atoms with Crippen LogP contribution in [0.15, 0.2) is 11.6 Å². The first-order chi connectivity index (χ1) is 13.2. The molecule has 0 aromatic heterocycles. The number of fused-ring (bicyclic) bond motifs is 1. The van der Waals surface area contributed by atoms with E-state index in [1.54, 1.807) is 6.08 Å². The topological polar surface area (TPSA) is 134 Å². The van der Waals surface area contributed by atoms with Crippen LogP contribution in [-0.4, -0.2) is 32.5 Å². The van der Waals surface area contributed by atoms with Crippen LogP contribution in [0.1, 0.15) is 72.6 Å². The monoisotopic (exact) mass is 454 g/mol. The zero-order chi connectivity index (χ0) is 22.1. The Bertz CT molecular complexity index is 700. The van der Waals surface area contributed by atoms with Crippen LogP contribution in [-0.2, 0) is 18.0 Å². The second-order valence-electron chi connectivity index (χ2n) is 9.58. The van der Waals surface area contributed by atoms with Gasteiger partial charge >= 0.3 is 15.6 Å². The SMILES string of the molecule is C/C(=C\COP(=O)(O)OP(=O)(O)O)CC[C@H]1[C@@H](O)CCC2C(C)(C)CCC[C@@]21C. The van der Waals surface area contributed by atoms with Crippen LogP contribution in [0.5, 0.6) is 0 Å². The first-order valence-corrected chi connectivity index (χ1v) is 13.3. The van der Waals surface area contributed by atoms with Gasteiger partial charge in [-0.1, -0.05) is 38.8 Å². The molecule has 0 heterocycles. The molecule has 0 bridgehead atoms. The summed E-state index contributed by atoms with van der Waals surface area (Å²) in [5, 5.41) is 10.7. The van der Waals surface area contributed by atoms with Crippen molar-refractivity contribution in [3.05, 3.63) is 11.6 Å². The van der Waals surface area contributed by atoms with E-state index in [0.29, 0.717) is 12.3 Å². The van der Waals surface area contributed by atoms with Gasteiger partial charge in [0.2, 0.25) is 0 Å². The second kappa shape index (κ2) is 9.22. The fourth-order valence-corrected chi connectivity index (χ4v) is 7.27. The van der Waals surface area contributed by atoms with Gasteiger partial charge in [0, 0.05) is 0 Å². The van der Waals surface area contributed by atoms with Crippen molar-refractivity contribution in [2.75, 3.05) is 6.61 Å². The van der Waals surface area contributed by atoms with Crippen molar-refractivity contribution in [3.63, 3.8) is 0 Å². The molecule has 29 heavy (non-hydrogen) atoms. The standard InChI is InChI=1S/C19H36O8P2/c1-14(10-13-26-29(24,25)27-28(21,22)23)6-7-15-16(20)8-9-17-18(2,3)11-5-12-19(15,17)4/h10,15-17,20H,5-9,11-13H2,1-4H3,(H,24,25)(H2,21,22,23)/b14-10+/t15-,16-,17?,19+/m0/s1. The highest BCUT2D eigenvalue weighted by Crippen LogP contribution is 2.61. The lowest BCUT2D eigenvalue weighted by Crippen LogP contribution is -2.53. The van der Waals surface area contributed by atoms with Gasteiger partial charge in [0.25, 0.3) is 0 Å². The summed E-state index contributed by atoms with van der Waals surface area (Å²) < 4.78 is 30.5. The van der Waals surface area contributed by atoms with Gasteiger partial charge in [0.05, 0.1) is 12.7 Å². The molecule has 2 saturated carbocycles. The lowest BCUT2D eigenvalue weighted by atomic mass is 9.47. The molecule has 2 aliphatic rings. The largest absolute Gasteiger partial charge is 0.481 e. The smallest absolute Gasteiger partial charge is 0.393 e. The van der Waals surface area contributed by atoms with Crippen LogP contribution in [0.3, 0.4) is 0 Å². The summed E-state index contributed by atoms with van der Waals surface area (Å²) in [7, 11) is -9.93. The van der Waals surface area contributed by atoms with Gasteiger partial charge in [-0.25, -0.2) is 9.13 Å². The molecule has 8 nitrogen and oxygen atoms in total. The number of phosphoric ester groups is 1. The quantitative estimate of drug-likeness (QED) is 0.310. The minimum atomic E-state index is -5.11. The summed E-state index contributed by atoms with van der Waals surface area (Å²) in [6, 6.07) is 0. The lowest BCUT2D eigenvalue weighted by Gasteiger charge is -2.58. The Labute approximate surface area is 173 Å². The van der Waals surface area contributed by atoms with E-state index in [1.807, 2.05) is 6.92 Å². The summed E-state index contributed by atoms with van der Waals surface area (Å²) in [4.78, 5) is 26.5. The summed E-state index contributed by atoms with van der Waals surface area (Å²) in [6.45, 7) is 8.60. The maximum Gasteiger partial charge on any atom is 0.481 e. The molecule has 2 rings (SSSR count). The third-order valence-electron chi connectivity index (χ3n) is 7.07. The Kier molecular flexibility index (Phi) is 8.02. The average molecular weight is 454 g/mol. The number of phosphoric acid groups is 2. The molecule has 2 aliphatic carbocycles. The predicted octanol–water partition coefficient (Wildman–Crippen LogP) is 4.54. The van der Waals surface area contributed by atoms with Gasteiger partial charge in [-0.2, -0.15) is 4.31 Å². The summed E-state index contributed by atoms with van der Waals surface area (Å²) in [6.07, 6.45) is 8.24. The van der Waals surface area contributed by atoms with Crippen molar-refractivity contribution in [2.45, 2.75) is 78.7 Å². The van der Waals surface area contributed by atoms with Gasteiger partial charge in [0.1, 0.15) is 0 Å². The Balaban J connectivity index is 1.96. The number of rotatable bonds is 8. The summed E-state index contributed by atoms with van der Waals surface area (Å²) >= 11 is 0. The van der Waals surface area contributed by atoms with Crippen molar-refractivity contribution >= 4 is 15.6 Å². The zero-order valence-corrected chi connectivity index (χ0v) is 19.6. The van der Waals surface area contributed by atoms with Crippen LogP contribution in [0, 0.1) is 22.7 Å².